The number of hydrogen-bond acceptors (Lipinski definition) is 4. The third-order valence-electron chi connectivity index (χ3n) is 2.96. The van der Waals surface area contributed by atoms with E-state index in [0.717, 1.165) is 5.56 Å². The molecule has 1 rings (SSSR count). The summed E-state index contributed by atoms with van der Waals surface area (Å²) in [6.45, 7) is 3.77. The second-order valence-corrected chi connectivity index (χ2v) is 7.19. The summed E-state index contributed by atoms with van der Waals surface area (Å²) in [5.74, 6) is 0.827. The van der Waals surface area contributed by atoms with Gasteiger partial charge in [0.25, 0.3) is 0 Å². The average Bonchev–Trinajstić information content (AvgIpc) is 2.39. The van der Waals surface area contributed by atoms with Gasteiger partial charge in [-0.1, -0.05) is 18.5 Å². The van der Waals surface area contributed by atoms with Crippen LogP contribution in [0.3, 0.4) is 0 Å². The number of benzene rings is 1. The van der Waals surface area contributed by atoms with Crippen LogP contribution in [0.1, 0.15) is 25.5 Å². The van der Waals surface area contributed by atoms with Gasteiger partial charge < -0.3 is 10.1 Å². The Morgan fingerprint density at radius 3 is 2.68 bits per heavy atom. The molecule has 6 heteroatoms. The maximum Gasteiger partial charge on any atom is 0.153 e. The SMILES string of the molecule is CCS(=O)(=O)CCOc1ccc(Cl)cc1C(C)NC. The summed E-state index contributed by atoms with van der Waals surface area (Å²) in [4.78, 5) is 0. The Hall–Kier alpha value is -0.780. The van der Waals surface area contributed by atoms with Gasteiger partial charge in [-0.05, 0) is 32.2 Å². The van der Waals surface area contributed by atoms with Gasteiger partial charge in [-0.15, -0.1) is 0 Å². The van der Waals surface area contributed by atoms with Gasteiger partial charge in [0, 0.05) is 22.4 Å². The highest BCUT2D eigenvalue weighted by Crippen LogP contribution is 2.28. The number of ether oxygens (including phenoxy) is 1. The highest BCUT2D eigenvalue weighted by Gasteiger charge is 2.12. The molecule has 0 amide bonds. The van der Waals surface area contributed by atoms with E-state index in [1.54, 1.807) is 19.1 Å². The molecule has 0 heterocycles. The van der Waals surface area contributed by atoms with E-state index >= 15 is 0 Å². The van der Waals surface area contributed by atoms with Crippen LogP contribution < -0.4 is 10.1 Å². The van der Waals surface area contributed by atoms with Crippen molar-refractivity contribution in [2.45, 2.75) is 19.9 Å². The molecular formula is C13H20ClNO3S. The molecule has 0 aliphatic rings. The molecule has 0 aromatic heterocycles. The minimum atomic E-state index is -3.00. The molecule has 0 saturated heterocycles. The lowest BCUT2D eigenvalue weighted by Crippen LogP contribution is -2.18. The van der Waals surface area contributed by atoms with Gasteiger partial charge in [-0.2, -0.15) is 0 Å². The van der Waals surface area contributed by atoms with E-state index in [2.05, 4.69) is 5.32 Å². The number of halogens is 1. The smallest absolute Gasteiger partial charge is 0.153 e. The van der Waals surface area contributed by atoms with Crippen molar-refractivity contribution in [1.29, 1.82) is 0 Å². The molecular weight excluding hydrogens is 286 g/mol. The molecule has 0 fully saturated rings. The third-order valence-corrected chi connectivity index (χ3v) is 4.87. The molecule has 0 aliphatic heterocycles. The zero-order valence-electron chi connectivity index (χ0n) is 11.4. The van der Waals surface area contributed by atoms with Gasteiger partial charge in [-0.3, -0.25) is 0 Å². The first-order valence-corrected chi connectivity index (χ1v) is 8.39. The molecule has 1 aromatic rings. The zero-order chi connectivity index (χ0) is 14.5. The quantitative estimate of drug-likeness (QED) is 0.840. The normalized spacial score (nSPS) is 13.3. The summed E-state index contributed by atoms with van der Waals surface area (Å²) in [6, 6.07) is 5.41. The Morgan fingerprint density at radius 1 is 1.42 bits per heavy atom. The lowest BCUT2D eigenvalue weighted by Gasteiger charge is -2.17. The van der Waals surface area contributed by atoms with Gasteiger partial charge in [-0.25, -0.2) is 8.42 Å². The van der Waals surface area contributed by atoms with Crippen LogP contribution in [0, 0.1) is 0 Å². The minimum Gasteiger partial charge on any atom is -0.492 e. The Kier molecular flexibility index (Phi) is 6.10. The lowest BCUT2D eigenvalue weighted by molar-refractivity contribution is 0.334. The maximum atomic E-state index is 11.4. The third kappa shape index (κ3) is 5.01. The van der Waals surface area contributed by atoms with E-state index in [-0.39, 0.29) is 24.2 Å². The summed E-state index contributed by atoms with van der Waals surface area (Å²) in [6.07, 6.45) is 0. The number of sulfone groups is 1. The van der Waals surface area contributed by atoms with Crippen LogP contribution in [0.15, 0.2) is 18.2 Å². The van der Waals surface area contributed by atoms with Crippen molar-refractivity contribution in [3.8, 4) is 5.75 Å². The van der Waals surface area contributed by atoms with Crippen molar-refractivity contribution >= 4 is 21.4 Å². The fraction of sp³-hybridized carbons (Fsp3) is 0.538. The van der Waals surface area contributed by atoms with E-state index < -0.39 is 9.84 Å². The van der Waals surface area contributed by atoms with E-state index in [1.807, 2.05) is 20.0 Å². The largest absolute Gasteiger partial charge is 0.492 e. The highest BCUT2D eigenvalue weighted by atomic mass is 35.5. The summed E-state index contributed by atoms with van der Waals surface area (Å²) < 4.78 is 28.4. The molecule has 1 N–H and O–H groups in total. The first kappa shape index (κ1) is 16.3. The Labute approximate surface area is 120 Å². The highest BCUT2D eigenvalue weighted by molar-refractivity contribution is 7.91. The number of rotatable bonds is 7. The predicted molar refractivity (Wildman–Crippen MR) is 78.7 cm³/mol. The van der Waals surface area contributed by atoms with E-state index in [0.29, 0.717) is 10.8 Å². The predicted octanol–water partition coefficient (Wildman–Crippen LogP) is 2.43. The molecule has 108 valence electrons. The van der Waals surface area contributed by atoms with Gasteiger partial charge in [0.05, 0.1) is 5.75 Å². The van der Waals surface area contributed by atoms with E-state index in [1.165, 1.54) is 0 Å². The molecule has 1 unspecified atom stereocenters. The van der Waals surface area contributed by atoms with Crippen molar-refractivity contribution < 1.29 is 13.2 Å². The summed E-state index contributed by atoms with van der Waals surface area (Å²) in [5, 5.41) is 3.74. The van der Waals surface area contributed by atoms with Gasteiger partial charge in [0.1, 0.15) is 12.4 Å². The number of nitrogens with one attached hydrogen (secondary N) is 1. The van der Waals surface area contributed by atoms with Crippen molar-refractivity contribution in [2.24, 2.45) is 0 Å². The summed E-state index contributed by atoms with van der Waals surface area (Å²) in [5.41, 5.74) is 0.920. The lowest BCUT2D eigenvalue weighted by atomic mass is 10.1. The molecule has 1 atom stereocenters. The molecule has 0 spiro atoms. The zero-order valence-corrected chi connectivity index (χ0v) is 13.0. The van der Waals surface area contributed by atoms with Crippen LogP contribution in [0.2, 0.25) is 5.02 Å². The van der Waals surface area contributed by atoms with Crippen LogP contribution in [-0.2, 0) is 9.84 Å². The van der Waals surface area contributed by atoms with Crippen LogP contribution in [0.5, 0.6) is 5.75 Å². The van der Waals surface area contributed by atoms with Gasteiger partial charge >= 0.3 is 0 Å². The monoisotopic (exact) mass is 305 g/mol. The van der Waals surface area contributed by atoms with Crippen molar-refractivity contribution in [3.63, 3.8) is 0 Å². The number of hydrogen-bond donors (Lipinski definition) is 1. The van der Waals surface area contributed by atoms with Crippen molar-refractivity contribution in [1.82, 2.24) is 5.32 Å². The molecule has 0 saturated carbocycles. The Morgan fingerprint density at radius 2 is 2.11 bits per heavy atom. The fourth-order valence-corrected chi connectivity index (χ4v) is 2.37. The summed E-state index contributed by atoms with van der Waals surface area (Å²) in [7, 11) is -1.16. The van der Waals surface area contributed by atoms with Crippen molar-refractivity contribution in [3.05, 3.63) is 28.8 Å². The molecule has 0 aliphatic carbocycles. The topological polar surface area (TPSA) is 55.4 Å². The maximum absolute atomic E-state index is 11.4. The first-order chi connectivity index (χ1) is 8.89. The summed E-state index contributed by atoms with van der Waals surface area (Å²) >= 11 is 5.97. The van der Waals surface area contributed by atoms with Gasteiger partial charge in [0.15, 0.2) is 9.84 Å². The molecule has 0 bridgehead atoms. The Bertz CT molecular complexity index is 517. The van der Waals surface area contributed by atoms with Crippen LogP contribution in [0.25, 0.3) is 0 Å². The second kappa shape index (κ2) is 7.12. The van der Waals surface area contributed by atoms with Crippen LogP contribution >= 0.6 is 11.6 Å². The fourth-order valence-electron chi connectivity index (χ4n) is 1.57. The van der Waals surface area contributed by atoms with E-state index in [9.17, 15) is 8.42 Å². The van der Waals surface area contributed by atoms with Crippen LogP contribution in [-0.4, -0.2) is 33.6 Å². The Balaban J connectivity index is 2.78. The average molecular weight is 306 g/mol. The molecule has 4 nitrogen and oxygen atoms in total. The van der Waals surface area contributed by atoms with Crippen LogP contribution in [0.4, 0.5) is 0 Å². The van der Waals surface area contributed by atoms with E-state index in [4.69, 9.17) is 16.3 Å². The van der Waals surface area contributed by atoms with Crippen molar-refractivity contribution in [2.75, 3.05) is 25.2 Å². The second-order valence-electron chi connectivity index (χ2n) is 4.28. The molecule has 1 aromatic carbocycles. The molecule has 19 heavy (non-hydrogen) atoms. The standard InChI is InChI=1S/C13H20ClNO3S/c1-4-19(16,17)8-7-18-13-6-5-11(14)9-12(13)10(2)15-3/h5-6,9-10,15H,4,7-8H2,1-3H3. The minimum absolute atomic E-state index is 0.0273. The first-order valence-electron chi connectivity index (χ1n) is 6.19. The molecule has 0 radical (unpaired) electrons. The van der Waals surface area contributed by atoms with Gasteiger partial charge in [0.2, 0.25) is 0 Å².